The molecule has 2 aromatic carbocycles. The van der Waals surface area contributed by atoms with Crippen molar-refractivity contribution in [3.05, 3.63) is 54.2 Å². The zero-order valence-corrected chi connectivity index (χ0v) is 16.3. The minimum atomic E-state index is -0.364. The monoisotopic (exact) mass is 395 g/mol. The van der Waals surface area contributed by atoms with Gasteiger partial charge in [0.15, 0.2) is 5.82 Å². The lowest BCUT2D eigenvalue weighted by molar-refractivity contribution is 0.0526. The topological polar surface area (TPSA) is 107 Å². The zero-order valence-electron chi connectivity index (χ0n) is 16.3. The van der Waals surface area contributed by atoms with E-state index in [9.17, 15) is 4.79 Å². The summed E-state index contributed by atoms with van der Waals surface area (Å²) in [6, 6.07) is 12.2. The Labute approximate surface area is 168 Å². The second kappa shape index (κ2) is 9.36. The highest BCUT2D eigenvalue weighted by atomic mass is 16.5. The molecule has 0 radical (unpaired) electrons. The van der Waals surface area contributed by atoms with Gasteiger partial charge in [0.1, 0.15) is 11.5 Å². The number of benzene rings is 2. The average molecular weight is 395 g/mol. The van der Waals surface area contributed by atoms with Crippen molar-refractivity contribution in [2.45, 2.75) is 6.92 Å². The molecule has 0 spiro atoms. The molecule has 1 aromatic heterocycles. The number of carbonyl (C=O) groups is 1. The standard InChI is InChI=1S/C20H21N5O4/c1-4-29-19(26)13-5-7-14(8-6-13)22-20-24-18(12-21-25-20)23-16-10-9-15(27-2)11-17(16)28-3/h5-12H,4H2,1-3H3,(H2,22,23,24,25). The Morgan fingerprint density at radius 1 is 1.03 bits per heavy atom. The Balaban J connectivity index is 1.72. The third-order valence-corrected chi connectivity index (χ3v) is 3.88. The van der Waals surface area contributed by atoms with Crippen LogP contribution in [0.4, 0.5) is 23.1 Å². The first-order valence-corrected chi connectivity index (χ1v) is 8.86. The predicted molar refractivity (Wildman–Crippen MR) is 108 cm³/mol. The van der Waals surface area contributed by atoms with Crippen molar-refractivity contribution in [1.29, 1.82) is 0 Å². The van der Waals surface area contributed by atoms with Crippen molar-refractivity contribution in [3.8, 4) is 11.5 Å². The molecule has 0 bridgehead atoms. The van der Waals surface area contributed by atoms with Gasteiger partial charge in [-0.05, 0) is 43.3 Å². The minimum absolute atomic E-state index is 0.298. The molecule has 0 saturated heterocycles. The molecule has 1 heterocycles. The second-order valence-electron chi connectivity index (χ2n) is 5.78. The predicted octanol–water partition coefficient (Wildman–Crippen LogP) is 3.55. The fourth-order valence-corrected chi connectivity index (χ4v) is 2.49. The molecule has 0 fully saturated rings. The molecule has 29 heavy (non-hydrogen) atoms. The van der Waals surface area contributed by atoms with E-state index in [2.05, 4.69) is 25.8 Å². The summed E-state index contributed by atoms with van der Waals surface area (Å²) in [5, 5.41) is 14.1. The first-order valence-electron chi connectivity index (χ1n) is 8.86. The SMILES string of the molecule is CCOC(=O)c1ccc(Nc2nncc(Nc3ccc(OC)cc3OC)n2)cc1. The Bertz CT molecular complexity index is 979. The fourth-order valence-electron chi connectivity index (χ4n) is 2.49. The molecular weight excluding hydrogens is 374 g/mol. The summed E-state index contributed by atoms with van der Waals surface area (Å²) in [4.78, 5) is 16.1. The van der Waals surface area contributed by atoms with Crippen LogP contribution in [-0.4, -0.2) is 42.0 Å². The van der Waals surface area contributed by atoms with Crippen molar-refractivity contribution in [3.63, 3.8) is 0 Å². The highest BCUT2D eigenvalue weighted by Gasteiger charge is 2.09. The molecule has 2 N–H and O–H groups in total. The molecule has 0 saturated carbocycles. The maximum atomic E-state index is 11.7. The molecule has 0 aliphatic rings. The Hall–Kier alpha value is -3.88. The number of hydrogen-bond acceptors (Lipinski definition) is 9. The van der Waals surface area contributed by atoms with E-state index in [1.54, 1.807) is 51.5 Å². The van der Waals surface area contributed by atoms with E-state index in [1.165, 1.54) is 6.20 Å². The van der Waals surface area contributed by atoms with Crippen LogP contribution in [0.15, 0.2) is 48.7 Å². The summed E-state index contributed by atoms with van der Waals surface area (Å²) < 4.78 is 15.5. The number of aromatic nitrogens is 3. The molecular formula is C20H21N5O4. The zero-order chi connectivity index (χ0) is 20.6. The number of esters is 1. The van der Waals surface area contributed by atoms with Gasteiger partial charge in [0.25, 0.3) is 0 Å². The normalized spacial score (nSPS) is 10.2. The number of carbonyl (C=O) groups excluding carboxylic acids is 1. The minimum Gasteiger partial charge on any atom is -0.497 e. The van der Waals surface area contributed by atoms with Gasteiger partial charge >= 0.3 is 5.97 Å². The van der Waals surface area contributed by atoms with Crippen LogP contribution in [0, 0.1) is 0 Å². The summed E-state index contributed by atoms with van der Waals surface area (Å²) >= 11 is 0. The van der Waals surface area contributed by atoms with Crippen LogP contribution >= 0.6 is 0 Å². The Kier molecular flexibility index (Phi) is 6.41. The number of nitrogens with zero attached hydrogens (tertiary/aromatic N) is 3. The number of nitrogens with one attached hydrogen (secondary N) is 2. The van der Waals surface area contributed by atoms with E-state index in [1.807, 2.05) is 12.1 Å². The van der Waals surface area contributed by atoms with E-state index < -0.39 is 0 Å². The number of rotatable bonds is 8. The maximum Gasteiger partial charge on any atom is 0.338 e. The van der Waals surface area contributed by atoms with Crippen LogP contribution in [0.3, 0.4) is 0 Å². The lowest BCUT2D eigenvalue weighted by Gasteiger charge is -2.12. The molecule has 9 heteroatoms. The number of methoxy groups -OCH3 is 2. The molecule has 3 rings (SSSR count). The fraction of sp³-hybridized carbons (Fsp3) is 0.200. The van der Waals surface area contributed by atoms with Gasteiger partial charge in [-0.15, -0.1) is 5.10 Å². The van der Waals surface area contributed by atoms with Gasteiger partial charge in [-0.1, -0.05) is 0 Å². The lowest BCUT2D eigenvalue weighted by Crippen LogP contribution is -2.05. The van der Waals surface area contributed by atoms with Crippen molar-refractivity contribution >= 4 is 29.1 Å². The molecule has 0 atom stereocenters. The molecule has 150 valence electrons. The van der Waals surface area contributed by atoms with E-state index in [4.69, 9.17) is 14.2 Å². The largest absolute Gasteiger partial charge is 0.497 e. The van der Waals surface area contributed by atoms with Gasteiger partial charge in [0, 0.05) is 11.8 Å². The van der Waals surface area contributed by atoms with Crippen molar-refractivity contribution in [2.75, 3.05) is 31.5 Å². The quantitative estimate of drug-likeness (QED) is 0.554. The van der Waals surface area contributed by atoms with Crippen LogP contribution < -0.4 is 20.1 Å². The summed E-state index contributed by atoms with van der Waals surface area (Å²) in [6.45, 7) is 2.10. The second-order valence-corrected chi connectivity index (χ2v) is 5.78. The van der Waals surface area contributed by atoms with Crippen LogP contribution in [0.5, 0.6) is 11.5 Å². The summed E-state index contributed by atoms with van der Waals surface area (Å²) in [7, 11) is 3.17. The van der Waals surface area contributed by atoms with Gasteiger partial charge in [-0.25, -0.2) is 4.79 Å². The number of anilines is 4. The van der Waals surface area contributed by atoms with Crippen LogP contribution in [0.2, 0.25) is 0 Å². The average Bonchev–Trinajstić information content (AvgIpc) is 2.75. The third-order valence-electron chi connectivity index (χ3n) is 3.88. The van der Waals surface area contributed by atoms with E-state index >= 15 is 0 Å². The van der Waals surface area contributed by atoms with Gasteiger partial charge in [-0.2, -0.15) is 10.1 Å². The third kappa shape index (κ3) is 5.10. The molecule has 0 aliphatic heterocycles. The first-order chi connectivity index (χ1) is 14.1. The molecule has 3 aromatic rings. The number of ether oxygens (including phenoxy) is 3. The molecule has 0 unspecified atom stereocenters. The van der Waals surface area contributed by atoms with Gasteiger partial charge in [0.2, 0.25) is 5.95 Å². The van der Waals surface area contributed by atoms with Crippen LogP contribution in [0.25, 0.3) is 0 Å². The van der Waals surface area contributed by atoms with Crippen LogP contribution in [0.1, 0.15) is 17.3 Å². The van der Waals surface area contributed by atoms with E-state index in [0.29, 0.717) is 46.8 Å². The van der Waals surface area contributed by atoms with E-state index in [-0.39, 0.29) is 5.97 Å². The summed E-state index contributed by atoms with van der Waals surface area (Å²) in [5.41, 5.74) is 1.89. The van der Waals surface area contributed by atoms with Crippen molar-refractivity contribution < 1.29 is 19.0 Å². The molecule has 0 aliphatic carbocycles. The van der Waals surface area contributed by atoms with E-state index in [0.717, 1.165) is 0 Å². The van der Waals surface area contributed by atoms with Crippen LogP contribution in [-0.2, 0) is 4.74 Å². The molecule has 9 nitrogen and oxygen atoms in total. The first kappa shape index (κ1) is 19.9. The highest BCUT2D eigenvalue weighted by molar-refractivity contribution is 5.89. The Morgan fingerprint density at radius 3 is 2.52 bits per heavy atom. The van der Waals surface area contributed by atoms with Gasteiger partial charge < -0.3 is 24.8 Å². The van der Waals surface area contributed by atoms with Crippen molar-refractivity contribution in [2.24, 2.45) is 0 Å². The lowest BCUT2D eigenvalue weighted by atomic mass is 10.2. The highest BCUT2D eigenvalue weighted by Crippen LogP contribution is 2.31. The Morgan fingerprint density at radius 2 is 1.83 bits per heavy atom. The van der Waals surface area contributed by atoms with Gasteiger partial charge in [0.05, 0.1) is 38.3 Å². The maximum absolute atomic E-state index is 11.7. The van der Waals surface area contributed by atoms with Crippen molar-refractivity contribution in [1.82, 2.24) is 15.2 Å². The summed E-state index contributed by atoms with van der Waals surface area (Å²) in [6.07, 6.45) is 1.50. The smallest absolute Gasteiger partial charge is 0.338 e. The molecule has 0 amide bonds. The number of hydrogen-bond donors (Lipinski definition) is 2. The summed E-state index contributed by atoms with van der Waals surface area (Å²) in [5.74, 6) is 1.70. The van der Waals surface area contributed by atoms with Gasteiger partial charge in [-0.3, -0.25) is 0 Å².